The van der Waals surface area contributed by atoms with Gasteiger partial charge in [0.05, 0.1) is 0 Å². The lowest BCUT2D eigenvalue weighted by Gasteiger charge is -2.17. The second-order valence-electron chi connectivity index (χ2n) is 5.95. The van der Waals surface area contributed by atoms with E-state index < -0.39 is 0 Å². The largest absolute Gasteiger partial charge is 0.0654 e. The molecule has 0 saturated carbocycles. The third-order valence-corrected chi connectivity index (χ3v) is 4.11. The first-order valence-corrected chi connectivity index (χ1v) is 8.34. The molecule has 19 heavy (non-hydrogen) atoms. The van der Waals surface area contributed by atoms with E-state index in [4.69, 9.17) is 0 Å². The van der Waals surface area contributed by atoms with E-state index in [1.807, 2.05) is 0 Å². The zero-order valence-electron chi connectivity index (χ0n) is 13.3. The summed E-state index contributed by atoms with van der Waals surface area (Å²) >= 11 is 0. The Balaban J connectivity index is 2.44. The minimum atomic E-state index is 0.794. The fourth-order valence-electron chi connectivity index (χ4n) is 2.76. The van der Waals surface area contributed by atoms with Crippen LogP contribution in [0.25, 0.3) is 0 Å². The van der Waals surface area contributed by atoms with Crippen molar-refractivity contribution in [2.75, 3.05) is 0 Å². The van der Waals surface area contributed by atoms with Gasteiger partial charge in [0, 0.05) is 0 Å². The van der Waals surface area contributed by atoms with Gasteiger partial charge in [-0.25, -0.2) is 0 Å². The summed E-state index contributed by atoms with van der Waals surface area (Å²) in [5, 5.41) is 0. The Labute approximate surface area is 120 Å². The van der Waals surface area contributed by atoms with Crippen LogP contribution in [0, 0.1) is 6.92 Å². The molecule has 0 aromatic heterocycles. The first-order valence-electron chi connectivity index (χ1n) is 8.34. The van der Waals surface area contributed by atoms with Crippen LogP contribution < -0.4 is 0 Å². The van der Waals surface area contributed by atoms with Gasteiger partial charge in [0.15, 0.2) is 0 Å². The van der Waals surface area contributed by atoms with Gasteiger partial charge in [-0.15, -0.1) is 0 Å². The van der Waals surface area contributed by atoms with Gasteiger partial charge in [0.25, 0.3) is 0 Å². The van der Waals surface area contributed by atoms with E-state index in [9.17, 15) is 0 Å². The van der Waals surface area contributed by atoms with Crippen LogP contribution in [0.4, 0.5) is 0 Å². The van der Waals surface area contributed by atoms with Crippen LogP contribution in [0.2, 0.25) is 0 Å². The molecule has 108 valence electrons. The van der Waals surface area contributed by atoms with Gasteiger partial charge in [0.2, 0.25) is 0 Å². The Hall–Kier alpha value is -0.780. The Morgan fingerprint density at radius 1 is 0.737 bits per heavy atom. The molecule has 1 unspecified atom stereocenters. The normalized spacial score (nSPS) is 12.6. The van der Waals surface area contributed by atoms with E-state index in [-0.39, 0.29) is 0 Å². The third kappa shape index (κ3) is 6.80. The van der Waals surface area contributed by atoms with Crippen molar-refractivity contribution in [3.63, 3.8) is 0 Å². The van der Waals surface area contributed by atoms with Crippen molar-refractivity contribution < 1.29 is 0 Å². The highest BCUT2D eigenvalue weighted by Gasteiger charge is 2.10. The summed E-state index contributed by atoms with van der Waals surface area (Å²) < 4.78 is 0. The second-order valence-corrected chi connectivity index (χ2v) is 5.95. The molecule has 0 aliphatic heterocycles. The van der Waals surface area contributed by atoms with Gasteiger partial charge in [0.1, 0.15) is 0 Å². The molecule has 0 aliphatic rings. The first-order chi connectivity index (χ1) is 9.27. The van der Waals surface area contributed by atoms with Crippen molar-refractivity contribution in [2.24, 2.45) is 0 Å². The molecule has 0 heteroatoms. The molecular formula is C19H32. The molecule has 0 bridgehead atoms. The molecule has 0 saturated heterocycles. The zero-order valence-corrected chi connectivity index (χ0v) is 13.3. The lowest BCUT2D eigenvalue weighted by Crippen LogP contribution is -1.99. The summed E-state index contributed by atoms with van der Waals surface area (Å²) in [5.41, 5.74) is 2.94. The standard InChI is InChI=1S/C19H32/c1-4-6-8-9-10-12-18(11-7-5-2)19-15-13-17(3)14-16-19/h13-16,18H,4-12H2,1-3H3. The lowest BCUT2D eigenvalue weighted by atomic mass is 9.88. The van der Waals surface area contributed by atoms with E-state index in [1.165, 1.54) is 63.4 Å². The van der Waals surface area contributed by atoms with Crippen LogP contribution in [-0.2, 0) is 0 Å². The Morgan fingerprint density at radius 3 is 1.95 bits per heavy atom. The van der Waals surface area contributed by atoms with Crippen molar-refractivity contribution in [1.29, 1.82) is 0 Å². The van der Waals surface area contributed by atoms with E-state index in [0.717, 1.165) is 5.92 Å². The number of hydrogen-bond donors (Lipinski definition) is 0. The van der Waals surface area contributed by atoms with E-state index in [1.54, 1.807) is 5.56 Å². The molecule has 1 rings (SSSR count). The van der Waals surface area contributed by atoms with Crippen LogP contribution in [0.5, 0.6) is 0 Å². The highest BCUT2D eigenvalue weighted by Crippen LogP contribution is 2.28. The van der Waals surface area contributed by atoms with Gasteiger partial charge in [-0.05, 0) is 31.2 Å². The molecular weight excluding hydrogens is 228 g/mol. The lowest BCUT2D eigenvalue weighted by molar-refractivity contribution is 0.504. The monoisotopic (exact) mass is 260 g/mol. The molecule has 0 nitrogen and oxygen atoms in total. The summed E-state index contributed by atoms with van der Waals surface area (Å²) in [6.07, 6.45) is 12.4. The van der Waals surface area contributed by atoms with Gasteiger partial charge >= 0.3 is 0 Å². The first kappa shape index (κ1) is 16.3. The fourth-order valence-corrected chi connectivity index (χ4v) is 2.76. The van der Waals surface area contributed by atoms with Crippen LogP contribution in [-0.4, -0.2) is 0 Å². The van der Waals surface area contributed by atoms with Crippen LogP contribution in [0.15, 0.2) is 24.3 Å². The predicted octanol–water partition coefficient (Wildman–Crippen LogP) is 6.63. The summed E-state index contributed by atoms with van der Waals surface area (Å²) in [5.74, 6) is 0.794. The number of hydrogen-bond acceptors (Lipinski definition) is 0. The predicted molar refractivity (Wildman–Crippen MR) is 86.8 cm³/mol. The molecule has 1 atom stereocenters. The quantitative estimate of drug-likeness (QED) is 0.414. The van der Waals surface area contributed by atoms with Gasteiger partial charge in [-0.2, -0.15) is 0 Å². The van der Waals surface area contributed by atoms with Gasteiger partial charge in [-0.1, -0.05) is 88.6 Å². The molecule has 1 aromatic rings. The van der Waals surface area contributed by atoms with E-state index in [0.29, 0.717) is 0 Å². The molecule has 0 spiro atoms. The maximum Gasteiger partial charge on any atom is -0.0162 e. The van der Waals surface area contributed by atoms with Gasteiger partial charge in [-0.3, -0.25) is 0 Å². The smallest absolute Gasteiger partial charge is 0.0162 e. The number of unbranched alkanes of at least 4 members (excludes halogenated alkanes) is 5. The topological polar surface area (TPSA) is 0 Å². The maximum absolute atomic E-state index is 2.35. The highest BCUT2D eigenvalue weighted by atomic mass is 14.2. The Kier molecular flexibility index (Phi) is 8.62. The van der Waals surface area contributed by atoms with Crippen LogP contribution in [0.3, 0.4) is 0 Å². The van der Waals surface area contributed by atoms with Crippen molar-refractivity contribution in [1.82, 2.24) is 0 Å². The summed E-state index contributed by atoms with van der Waals surface area (Å²) in [6, 6.07) is 9.24. The maximum atomic E-state index is 2.35. The molecule has 0 amide bonds. The van der Waals surface area contributed by atoms with E-state index in [2.05, 4.69) is 45.0 Å². The Bertz CT molecular complexity index is 309. The molecule has 0 N–H and O–H groups in total. The minimum absolute atomic E-state index is 0.794. The molecule has 0 fully saturated rings. The van der Waals surface area contributed by atoms with Crippen LogP contribution >= 0.6 is 0 Å². The zero-order chi connectivity index (χ0) is 13.9. The summed E-state index contributed by atoms with van der Waals surface area (Å²) in [4.78, 5) is 0. The number of aryl methyl sites for hydroxylation is 1. The van der Waals surface area contributed by atoms with Crippen molar-refractivity contribution >= 4 is 0 Å². The number of rotatable bonds is 10. The van der Waals surface area contributed by atoms with Crippen molar-refractivity contribution in [3.05, 3.63) is 35.4 Å². The fraction of sp³-hybridized carbons (Fsp3) is 0.684. The number of benzene rings is 1. The van der Waals surface area contributed by atoms with E-state index >= 15 is 0 Å². The average molecular weight is 260 g/mol. The Morgan fingerprint density at radius 2 is 1.32 bits per heavy atom. The van der Waals surface area contributed by atoms with Crippen molar-refractivity contribution in [2.45, 2.75) is 84.5 Å². The average Bonchev–Trinajstić information content (AvgIpc) is 2.43. The SMILES string of the molecule is CCCCCCCC(CCCC)c1ccc(C)cc1. The molecule has 0 aliphatic carbocycles. The molecule has 1 aromatic carbocycles. The highest BCUT2D eigenvalue weighted by molar-refractivity contribution is 5.24. The minimum Gasteiger partial charge on any atom is -0.0654 e. The van der Waals surface area contributed by atoms with Crippen molar-refractivity contribution in [3.8, 4) is 0 Å². The summed E-state index contributed by atoms with van der Waals surface area (Å²) in [7, 11) is 0. The van der Waals surface area contributed by atoms with Crippen LogP contribution in [0.1, 0.15) is 88.7 Å². The molecule has 0 heterocycles. The van der Waals surface area contributed by atoms with Gasteiger partial charge < -0.3 is 0 Å². The second kappa shape index (κ2) is 10.1. The molecule has 0 radical (unpaired) electrons. The third-order valence-electron chi connectivity index (χ3n) is 4.11. The summed E-state index contributed by atoms with van der Waals surface area (Å²) in [6.45, 7) is 6.76.